The van der Waals surface area contributed by atoms with Crippen molar-refractivity contribution < 1.29 is 13.9 Å². The first-order valence-electron chi connectivity index (χ1n) is 9.03. The molecule has 1 atom stereocenters. The zero-order valence-electron chi connectivity index (χ0n) is 16.1. The first-order valence-corrected chi connectivity index (χ1v) is 9.91. The summed E-state index contributed by atoms with van der Waals surface area (Å²) in [5, 5.41) is 11.2. The highest BCUT2D eigenvalue weighted by atomic mass is 32.2. The number of carbonyl (C=O) groups excluding carboxylic acids is 1. The van der Waals surface area contributed by atoms with Crippen LogP contribution in [0.1, 0.15) is 18.1 Å². The second-order valence-electron chi connectivity index (χ2n) is 6.34. The van der Waals surface area contributed by atoms with Gasteiger partial charge in [0.1, 0.15) is 5.75 Å². The number of methoxy groups -OCH3 is 1. The number of nitrogens with one attached hydrogen (secondary N) is 1. The van der Waals surface area contributed by atoms with E-state index in [0.29, 0.717) is 17.7 Å². The van der Waals surface area contributed by atoms with E-state index < -0.39 is 0 Å². The predicted molar refractivity (Wildman–Crippen MR) is 109 cm³/mol. The number of aromatic nitrogens is 2. The van der Waals surface area contributed by atoms with E-state index in [1.165, 1.54) is 11.8 Å². The number of hydrogen-bond donors (Lipinski definition) is 1. The maximum Gasteiger partial charge on any atom is 0.277 e. The fourth-order valence-corrected chi connectivity index (χ4v) is 3.36. The summed E-state index contributed by atoms with van der Waals surface area (Å²) in [4.78, 5) is 12.3. The van der Waals surface area contributed by atoms with Crippen molar-refractivity contribution in [3.05, 3.63) is 59.7 Å². The van der Waals surface area contributed by atoms with Crippen LogP contribution in [0, 0.1) is 6.92 Å². The van der Waals surface area contributed by atoms with E-state index in [4.69, 9.17) is 9.15 Å². The molecule has 7 heteroatoms. The van der Waals surface area contributed by atoms with Crippen LogP contribution in [0.25, 0.3) is 11.5 Å². The standard InChI is InChI=1S/C21H23N3O3S/c1-14-6-4-5-7-18(14)20-23-24-21(27-20)28-15(2)19(25)22-13-12-16-8-10-17(26-3)11-9-16/h4-11,15H,12-13H2,1-3H3,(H,22,25). The first-order chi connectivity index (χ1) is 13.6. The van der Waals surface area contributed by atoms with E-state index >= 15 is 0 Å². The summed E-state index contributed by atoms with van der Waals surface area (Å²) in [6, 6.07) is 15.6. The quantitative estimate of drug-likeness (QED) is 0.581. The SMILES string of the molecule is COc1ccc(CCNC(=O)C(C)Sc2nnc(-c3ccccc3C)o2)cc1. The molecule has 2 aromatic carbocycles. The minimum absolute atomic E-state index is 0.0610. The molecule has 1 heterocycles. The van der Waals surface area contributed by atoms with Gasteiger partial charge < -0.3 is 14.5 Å². The summed E-state index contributed by atoms with van der Waals surface area (Å²) in [5.74, 6) is 1.23. The summed E-state index contributed by atoms with van der Waals surface area (Å²) in [6.07, 6.45) is 0.755. The van der Waals surface area contributed by atoms with E-state index in [9.17, 15) is 4.79 Å². The molecule has 0 radical (unpaired) electrons. The minimum Gasteiger partial charge on any atom is -0.497 e. The number of benzene rings is 2. The number of thioether (sulfide) groups is 1. The highest BCUT2D eigenvalue weighted by Crippen LogP contribution is 2.27. The van der Waals surface area contributed by atoms with Crippen LogP contribution in [0.4, 0.5) is 0 Å². The van der Waals surface area contributed by atoms with E-state index in [-0.39, 0.29) is 11.2 Å². The summed E-state index contributed by atoms with van der Waals surface area (Å²) < 4.78 is 10.9. The van der Waals surface area contributed by atoms with Gasteiger partial charge in [0.2, 0.25) is 11.8 Å². The smallest absolute Gasteiger partial charge is 0.277 e. The molecule has 0 aliphatic carbocycles. The molecule has 0 bridgehead atoms. The minimum atomic E-state index is -0.332. The number of nitrogens with zero attached hydrogens (tertiary/aromatic N) is 2. The van der Waals surface area contributed by atoms with Gasteiger partial charge in [-0.2, -0.15) is 0 Å². The van der Waals surface area contributed by atoms with Gasteiger partial charge in [0, 0.05) is 12.1 Å². The Bertz CT molecular complexity index is 925. The Morgan fingerprint density at radius 2 is 1.93 bits per heavy atom. The zero-order chi connectivity index (χ0) is 19.9. The third kappa shape index (κ3) is 5.13. The van der Waals surface area contributed by atoms with Gasteiger partial charge in [-0.1, -0.05) is 42.1 Å². The van der Waals surface area contributed by atoms with Crippen LogP contribution in [-0.4, -0.2) is 35.0 Å². The lowest BCUT2D eigenvalue weighted by Crippen LogP contribution is -2.32. The molecular weight excluding hydrogens is 374 g/mol. The van der Waals surface area contributed by atoms with Crippen molar-refractivity contribution in [1.82, 2.24) is 15.5 Å². The second kappa shape index (κ2) is 9.41. The molecule has 0 spiro atoms. The number of aryl methyl sites for hydroxylation is 1. The van der Waals surface area contributed by atoms with Crippen LogP contribution in [0.2, 0.25) is 0 Å². The van der Waals surface area contributed by atoms with Crippen molar-refractivity contribution in [1.29, 1.82) is 0 Å². The molecule has 1 amide bonds. The van der Waals surface area contributed by atoms with Crippen molar-refractivity contribution in [2.75, 3.05) is 13.7 Å². The third-order valence-corrected chi connectivity index (χ3v) is 5.23. The molecular formula is C21H23N3O3S. The van der Waals surface area contributed by atoms with Crippen molar-refractivity contribution in [2.45, 2.75) is 30.7 Å². The molecule has 0 aliphatic rings. The second-order valence-corrected chi connectivity index (χ2v) is 7.63. The number of amides is 1. The van der Waals surface area contributed by atoms with E-state index in [2.05, 4.69) is 15.5 Å². The fraction of sp³-hybridized carbons (Fsp3) is 0.286. The Balaban J connectivity index is 1.49. The highest BCUT2D eigenvalue weighted by molar-refractivity contribution is 8.00. The Morgan fingerprint density at radius 3 is 2.64 bits per heavy atom. The fourth-order valence-electron chi connectivity index (χ4n) is 2.65. The van der Waals surface area contributed by atoms with E-state index in [1.807, 2.05) is 62.4 Å². The molecule has 6 nitrogen and oxygen atoms in total. The lowest BCUT2D eigenvalue weighted by molar-refractivity contribution is -0.120. The van der Waals surface area contributed by atoms with Crippen molar-refractivity contribution in [3.63, 3.8) is 0 Å². The average Bonchev–Trinajstić information content (AvgIpc) is 3.17. The molecule has 1 aromatic heterocycles. The van der Waals surface area contributed by atoms with Gasteiger partial charge in [0.05, 0.1) is 12.4 Å². The lowest BCUT2D eigenvalue weighted by atomic mass is 10.1. The Hall–Kier alpha value is -2.80. The zero-order valence-corrected chi connectivity index (χ0v) is 17.0. The Morgan fingerprint density at radius 1 is 1.18 bits per heavy atom. The van der Waals surface area contributed by atoms with E-state index in [0.717, 1.165) is 28.9 Å². The van der Waals surface area contributed by atoms with Crippen molar-refractivity contribution >= 4 is 17.7 Å². The molecule has 1 unspecified atom stereocenters. The molecule has 0 aliphatic heterocycles. The molecule has 146 valence electrons. The van der Waals surface area contributed by atoms with Crippen LogP contribution in [-0.2, 0) is 11.2 Å². The third-order valence-electron chi connectivity index (χ3n) is 4.30. The summed E-state index contributed by atoms with van der Waals surface area (Å²) in [6.45, 7) is 4.38. The number of ether oxygens (including phenoxy) is 1. The molecule has 3 rings (SSSR count). The summed E-state index contributed by atoms with van der Waals surface area (Å²) in [5.41, 5.74) is 3.10. The summed E-state index contributed by atoms with van der Waals surface area (Å²) >= 11 is 1.26. The molecule has 0 saturated carbocycles. The number of hydrogen-bond acceptors (Lipinski definition) is 6. The van der Waals surface area contributed by atoms with Crippen LogP contribution in [0.15, 0.2) is 58.2 Å². The molecule has 1 N–H and O–H groups in total. The van der Waals surface area contributed by atoms with E-state index in [1.54, 1.807) is 7.11 Å². The maximum absolute atomic E-state index is 12.3. The molecule has 3 aromatic rings. The van der Waals surface area contributed by atoms with Crippen molar-refractivity contribution in [2.24, 2.45) is 0 Å². The monoisotopic (exact) mass is 397 g/mol. The summed E-state index contributed by atoms with van der Waals surface area (Å²) in [7, 11) is 1.64. The van der Waals surface area contributed by atoms with Crippen LogP contribution in [0.5, 0.6) is 5.75 Å². The average molecular weight is 398 g/mol. The predicted octanol–water partition coefficient (Wildman–Crippen LogP) is 3.89. The van der Waals surface area contributed by atoms with Crippen LogP contribution in [0.3, 0.4) is 0 Å². The topological polar surface area (TPSA) is 77.2 Å². The van der Waals surface area contributed by atoms with Gasteiger partial charge >= 0.3 is 0 Å². The van der Waals surface area contributed by atoms with Crippen LogP contribution >= 0.6 is 11.8 Å². The molecule has 28 heavy (non-hydrogen) atoms. The van der Waals surface area contributed by atoms with Gasteiger partial charge in [-0.15, -0.1) is 10.2 Å². The lowest BCUT2D eigenvalue weighted by Gasteiger charge is -2.10. The maximum atomic E-state index is 12.3. The Kier molecular flexibility index (Phi) is 6.71. The molecule has 0 fully saturated rings. The number of carbonyl (C=O) groups is 1. The van der Waals surface area contributed by atoms with Gasteiger partial charge in [-0.3, -0.25) is 4.79 Å². The van der Waals surface area contributed by atoms with Crippen LogP contribution < -0.4 is 10.1 Å². The normalized spacial score (nSPS) is 11.8. The Labute approximate surface area is 168 Å². The highest BCUT2D eigenvalue weighted by Gasteiger charge is 2.18. The largest absolute Gasteiger partial charge is 0.497 e. The number of rotatable bonds is 8. The van der Waals surface area contributed by atoms with Gasteiger partial charge in [0.15, 0.2) is 0 Å². The van der Waals surface area contributed by atoms with Gasteiger partial charge in [-0.05, 0) is 49.6 Å². The van der Waals surface area contributed by atoms with Gasteiger partial charge in [-0.25, -0.2) is 0 Å². The van der Waals surface area contributed by atoms with Crippen molar-refractivity contribution in [3.8, 4) is 17.2 Å². The van der Waals surface area contributed by atoms with Gasteiger partial charge in [0.25, 0.3) is 5.22 Å². The first kappa shape index (κ1) is 19.9. The molecule has 0 saturated heterocycles.